The first-order chi connectivity index (χ1) is 16.5. The molecule has 0 aliphatic carbocycles. The van der Waals surface area contributed by atoms with Crippen LogP contribution in [-0.4, -0.2) is 56.1 Å². The summed E-state index contributed by atoms with van der Waals surface area (Å²) in [6.07, 6.45) is 3.10. The standard InChI is InChI=1S/C24H27N3O6S/c1-30-19-7-6-17(20(31-2)21(19)32-3)24(29)27-10-8-15(9-11-27)23-26-18(14-34-23)22(28)25-13-16-5-4-12-33-16/h4-7,12,14-15H,8-11,13H2,1-3H3,(H,25,28). The molecule has 0 spiro atoms. The lowest BCUT2D eigenvalue weighted by molar-refractivity contribution is 0.0708. The number of furan rings is 1. The number of hydrogen-bond donors (Lipinski definition) is 1. The summed E-state index contributed by atoms with van der Waals surface area (Å²) in [5.74, 6) is 1.80. The predicted octanol–water partition coefficient (Wildman–Crippen LogP) is 3.71. The summed E-state index contributed by atoms with van der Waals surface area (Å²) in [5, 5.41) is 5.51. The number of carbonyl (C=O) groups excluding carboxylic acids is 2. The highest BCUT2D eigenvalue weighted by Crippen LogP contribution is 2.40. The Morgan fingerprint density at radius 3 is 2.53 bits per heavy atom. The first-order valence-electron chi connectivity index (χ1n) is 10.9. The van der Waals surface area contributed by atoms with E-state index in [1.165, 1.54) is 32.7 Å². The highest BCUT2D eigenvalue weighted by molar-refractivity contribution is 7.09. The molecule has 2 amide bonds. The molecule has 0 atom stereocenters. The van der Waals surface area contributed by atoms with E-state index in [0.29, 0.717) is 53.9 Å². The van der Waals surface area contributed by atoms with Crippen molar-refractivity contribution < 1.29 is 28.2 Å². The van der Waals surface area contributed by atoms with Crippen LogP contribution in [0.1, 0.15) is 50.4 Å². The van der Waals surface area contributed by atoms with Crippen molar-refractivity contribution in [1.29, 1.82) is 0 Å². The molecular weight excluding hydrogens is 458 g/mol. The van der Waals surface area contributed by atoms with Crippen molar-refractivity contribution in [2.75, 3.05) is 34.4 Å². The average molecular weight is 486 g/mol. The summed E-state index contributed by atoms with van der Waals surface area (Å²) in [6, 6.07) is 6.98. The lowest BCUT2D eigenvalue weighted by atomic mass is 9.97. The molecule has 1 aromatic carbocycles. The molecule has 0 bridgehead atoms. The van der Waals surface area contributed by atoms with Crippen LogP contribution in [-0.2, 0) is 6.54 Å². The van der Waals surface area contributed by atoms with E-state index < -0.39 is 0 Å². The Morgan fingerprint density at radius 2 is 1.88 bits per heavy atom. The van der Waals surface area contributed by atoms with Gasteiger partial charge in [-0.05, 0) is 37.1 Å². The zero-order valence-corrected chi connectivity index (χ0v) is 20.1. The van der Waals surface area contributed by atoms with Crippen LogP contribution in [0.5, 0.6) is 17.2 Å². The highest BCUT2D eigenvalue weighted by atomic mass is 32.1. The summed E-state index contributed by atoms with van der Waals surface area (Å²) >= 11 is 1.48. The van der Waals surface area contributed by atoms with E-state index >= 15 is 0 Å². The Hall–Kier alpha value is -3.53. The molecule has 3 heterocycles. The second-order valence-electron chi connectivity index (χ2n) is 7.78. The van der Waals surface area contributed by atoms with Crippen molar-refractivity contribution >= 4 is 23.2 Å². The van der Waals surface area contributed by atoms with E-state index in [-0.39, 0.29) is 17.7 Å². The van der Waals surface area contributed by atoms with E-state index in [9.17, 15) is 9.59 Å². The second-order valence-corrected chi connectivity index (χ2v) is 8.67. The Balaban J connectivity index is 1.37. The van der Waals surface area contributed by atoms with Crippen molar-refractivity contribution in [3.05, 3.63) is 57.9 Å². The number of likely N-dealkylation sites (tertiary alicyclic amines) is 1. The number of rotatable bonds is 8. The number of carbonyl (C=O) groups is 2. The summed E-state index contributed by atoms with van der Waals surface area (Å²) in [4.78, 5) is 32.0. The third kappa shape index (κ3) is 4.86. The van der Waals surface area contributed by atoms with Crippen molar-refractivity contribution in [2.24, 2.45) is 0 Å². The number of piperidine rings is 1. The molecule has 1 aliphatic rings. The van der Waals surface area contributed by atoms with Gasteiger partial charge in [-0.2, -0.15) is 0 Å². The number of benzene rings is 1. The van der Waals surface area contributed by atoms with Crippen LogP contribution < -0.4 is 19.5 Å². The molecule has 0 radical (unpaired) electrons. The summed E-state index contributed by atoms with van der Waals surface area (Å²) < 4.78 is 21.4. The Morgan fingerprint density at radius 1 is 1.12 bits per heavy atom. The van der Waals surface area contributed by atoms with Crippen LogP contribution in [0.15, 0.2) is 40.3 Å². The SMILES string of the molecule is COc1ccc(C(=O)N2CCC(c3nc(C(=O)NCc4ccco4)cs3)CC2)c(OC)c1OC. The van der Waals surface area contributed by atoms with Gasteiger partial charge in [0, 0.05) is 24.4 Å². The fraction of sp³-hybridized carbons (Fsp3) is 0.375. The average Bonchev–Trinajstić information content (AvgIpc) is 3.58. The third-order valence-corrected chi connectivity index (χ3v) is 6.83. The molecule has 0 saturated carbocycles. The van der Waals surface area contributed by atoms with Gasteiger partial charge in [0.2, 0.25) is 5.75 Å². The minimum atomic E-state index is -0.230. The lowest BCUT2D eigenvalue weighted by Crippen LogP contribution is -2.38. The Bertz CT molecular complexity index is 1140. The monoisotopic (exact) mass is 485 g/mol. The van der Waals surface area contributed by atoms with Crippen LogP contribution in [0.3, 0.4) is 0 Å². The smallest absolute Gasteiger partial charge is 0.271 e. The van der Waals surface area contributed by atoms with Gasteiger partial charge in [-0.1, -0.05) is 0 Å². The fourth-order valence-electron chi connectivity index (χ4n) is 4.02. The number of amides is 2. The number of ether oxygens (including phenoxy) is 3. The summed E-state index contributed by atoms with van der Waals surface area (Å²) in [6.45, 7) is 1.49. The van der Waals surface area contributed by atoms with E-state index in [4.69, 9.17) is 18.6 Å². The molecular formula is C24H27N3O6S. The largest absolute Gasteiger partial charge is 0.493 e. The number of thiazole rings is 1. The fourth-order valence-corrected chi connectivity index (χ4v) is 4.99. The number of nitrogens with zero attached hydrogens (tertiary/aromatic N) is 2. The lowest BCUT2D eigenvalue weighted by Gasteiger charge is -2.31. The predicted molar refractivity (Wildman–Crippen MR) is 126 cm³/mol. The quantitative estimate of drug-likeness (QED) is 0.519. The zero-order chi connectivity index (χ0) is 24.1. The molecule has 1 aliphatic heterocycles. The van der Waals surface area contributed by atoms with Gasteiger partial charge in [0.05, 0.1) is 44.7 Å². The molecule has 1 N–H and O–H groups in total. The van der Waals surface area contributed by atoms with Crippen molar-refractivity contribution in [1.82, 2.24) is 15.2 Å². The van der Waals surface area contributed by atoms with Gasteiger partial charge in [-0.15, -0.1) is 11.3 Å². The normalized spacial score (nSPS) is 14.0. The van der Waals surface area contributed by atoms with Gasteiger partial charge in [0.25, 0.3) is 11.8 Å². The highest BCUT2D eigenvalue weighted by Gasteiger charge is 2.29. The molecule has 9 nitrogen and oxygen atoms in total. The molecule has 10 heteroatoms. The van der Waals surface area contributed by atoms with Crippen molar-refractivity contribution in [3.8, 4) is 17.2 Å². The van der Waals surface area contributed by atoms with Gasteiger partial charge in [0.15, 0.2) is 11.5 Å². The number of nitrogens with one attached hydrogen (secondary N) is 1. The van der Waals surface area contributed by atoms with E-state index in [2.05, 4.69) is 10.3 Å². The van der Waals surface area contributed by atoms with Crippen molar-refractivity contribution in [2.45, 2.75) is 25.3 Å². The van der Waals surface area contributed by atoms with Crippen LogP contribution >= 0.6 is 11.3 Å². The molecule has 180 valence electrons. The maximum atomic E-state index is 13.2. The van der Waals surface area contributed by atoms with E-state index in [1.54, 1.807) is 35.9 Å². The van der Waals surface area contributed by atoms with E-state index in [1.807, 2.05) is 4.90 Å². The van der Waals surface area contributed by atoms with Gasteiger partial charge in [-0.25, -0.2) is 4.98 Å². The van der Waals surface area contributed by atoms with Crippen LogP contribution in [0.25, 0.3) is 0 Å². The minimum absolute atomic E-state index is 0.117. The second kappa shape index (κ2) is 10.6. The minimum Gasteiger partial charge on any atom is -0.493 e. The molecule has 2 aromatic heterocycles. The Labute approximate surface area is 201 Å². The number of hydrogen-bond acceptors (Lipinski definition) is 8. The molecule has 3 aromatic rings. The summed E-state index contributed by atoms with van der Waals surface area (Å²) in [7, 11) is 4.56. The molecule has 0 unspecified atom stereocenters. The topological polar surface area (TPSA) is 103 Å². The Kier molecular flexibility index (Phi) is 7.36. The van der Waals surface area contributed by atoms with Gasteiger partial charge in [-0.3, -0.25) is 9.59 Å². The van der Waals surface area contributed by atoms with Gasteiger partial charge >= 0.3 is 0 Å². The maximum Gasteiger partial charge on any atom is 0.271 e. The molecule has 34 heavy (non-hydrogen) atoms. The van der Waals surface area contributed by atoms with Crippen LogP contribution in [0.2, 0.25) is 0 Å². The first-order valence-corrected chi connectivity index (χ1v) is 11.8. The number of aromatic nitrogens is 1. The molecule has 1 saturated heterocycles. The summed E-state index contributed by atoms with van der Waals surface area (Å²) in [5.41, 5.74) is 0.837. The third-order valence-electron chi connectivity index (χ3n) is 5.82. The zero-order valence-electron chi connectivity index (χ0n) is 19.3. The maximum absolute atomic E-state index is 13.2. The molecule has 4 rings (SSSR count). The van der Waals surface area contributed by atoms with Gasteiger partial charge < -0.3 is 28.8 Å². The van der Waals surface area contributed by atoms with Gasteiger partial charge in [0.1, 0.15) is 11.5 Å². The molecule has 1 fully saturated rings. The van der Waals surface area contributed by atoms with Crippen molar-refractivity contribution in [3.63, 3.8) is 0 Å². The van der Waals surface area contributed by atoms with Crippen LogP contribution in [0.4, 0.5) is 0 Å². The van der Waals surface area contributed by atoms with Crippen LogP contribution in [0, 0.1) is 0 Å². The first kappa shape index (κ1) is 23.6. The van der Waals surface area contributed by atoms with E-state index in [0.717, 1.165) is 17.8 Å². The number of methoxy groups -OCH3 is 3.